The number of rotatable bonds is 11. The summed E-state index contributed by atoms with van der Waals surface area (Å²) in [4.78, 5) is 11.0. The maximum atomic E-state index is 11.0. The second-order valence-electron chi connectivity index (χ2n) is 5.25. The summed E-state index contributed by atoms with van der Waals surface area (Å²) in [7, 11) is 0. The van der Waals surface area contributed by atoms with Crippen molar-refractivity contribution in [1.82, 2.24) is 0 Å². The van der Waals surface area contributed by atoms with E-state index in [4.69, 9.17) is 4.74 Å². The molecule has 0 saturated carbocycles. The number of hydrogen-bond donors (Lipinski definition) is 0. The largest absolute Gasteiger partial charge is 0.545 e. The number of carbonyl (C=O) groups excluding carboxylic acids is 1. The fourth-order valence-corrected chi connectivity index (χ4v) is 2.66. The minimum Gasteiger partial charge on any atom is -0.545 e. The summed E-state index contributed by atoms with van der Waals surface area (Å²) in [5.74, 6) is -0.762. The van der Waals surface area contributed by atoms with Crippen molar-refractivity contribution in [3.63, 3.8) is 0 Å². The van der Waals surface area contributed by atoms with Crippen LogP contribution in [0, 0.1) is 3.57 Å². The maximum absolute atomic E-state index is 11.0. The third-order valence-electron chi connectivity index (χ3n) is 3.42. The van der Waals surface area contributed by atoms with Gasteiger partial charge in [0.05, 0.1) is 12.6 Å². The van der Waals surface area contributed by atoms with Gasteiger partial charge in [0.15, 0.2) is 0 Å². The molecular formula is C17H24IO3-. The summed E-state index contributed by atoms with van der Waals surface area (Å²) in [6, 6.07) is 5.03. The highest BCUT2D eigenvalue weighted by molar-refractivity contribution is 14.1. The highest BCUT2D eigenvalue weighted by Crippen LogP contribution is 2.21. The summed E-state index contributed by atoms with van der Waals surface area (Å²) >= 11 is 2.14. The van der Waals surface area contributed by atoms with Gasteiger partial charge in [0.2, 0.25) is 0 Å². The van der Waals surface area contributed by atoms with Crippen LogP contribution in [0.15, 0.2) is 18.2 Å². The SMILES string of the molecule is CCCCCCCCCCOc1cc(I)ccc1C(=O)[O-]. The number of hydrogen-bond acceptors (Lipinski definition) is 3. The Balaban J connectivity index is 2.21. The first-order valence-corrected chi connectivity index (χ1v) is 8.86. The summed E-state index contributed by atoms with van der Waals surface area (Å²) in [6.45, 7) is 2.79. The van der Waals surface area contributed by atoms with Gasteiger partial charge in [-0.05, 0) is 47.2 Å². The number of halogens is 1. The first-order chi connectivity index (χ1) is 10.1. The molecule has 0 bridgehead atoms. The standard InChI is InChI=1S/C17H25IO3/c1-2-3-4-5-6-7-8-9-12-21-16-13-14(18)10-11-15(16)17(19)20/h10-11,13H,2-9,12H2,1H3,(H,19,20)/p-1. The molecule has 0 atom stereocenters. The van der Waals surface area contributed by atoms with E-state index in [-0.39, 0.29) is 5.56 Å². The molecule has 0 fully saturated rings. The average molecular weight is 403 g/mol. The zero-order valence-corrected chi connectivity index (χ0v) is 14.9. The van der Waals surface area contributed by atoms with E-state index >= 15 is 0 Å². The van der Waals surface area contributed by atoms with Crippen LogP contribution in [0.5, 0.6) is 5.75 Å². The van der Waals surface area contributed by atoms with Gasteiger partial charge in [-0.2, -0.15) is 0 Å². The van der Waals surface area contributed by atoms with Gasteiger partial charge in [-0.1, -0.05) is 51.9 Å². The Morgan fingerprint density at radius 1 is 1.10 bits per heavy atom. The molecule has 3 nitrogen and oxygen atoms in total. The number of aromatic carboxylic acids is 1. The van der Waals surface area contributed by atoms with Gasteiger partial charge in [-0.25, -0.2) is 0 Å². The topological polar surface area (TPSA) is 49.4 Å². The van der Waals surface area contributed by atoms with Crippen LogP contribution in [-0.4, -0.2) is 12.6 Å². The number of carboxylic acids is 1. The third kappa shape index (κ3) is 7.69. The van der Waals surface area contributed by atoms with E-state index in [1.165, 1.54) is 38.5 Å². The van der Waals surface area contributed by atoms with Crippen molar-refractivity contribution in [3.05, 3.63) is 27.3 Å². The van der Waals surface area contributed by atoms with Gasteiger partial charge in [-0.15, -0.1) is 0 Å². The molecule has 0 unspecified atom stereocenters. The Morgan fingerprint density at radius 2 is 1.71 bits per heavy atom. The van der Waals surface area contributed by atoms with Gasteiger partial charge >= 0.3 is 0 Å². The van der Waals surface area contributed by atoms with E-state index in [2.05, 4.69) is 29.5 Å². The van der Waals surface area contributed by atoms with Crippen LogP contribution in [-0.2, 0) is 0 Å². The van der Waals surface area contributed by atoms with Crippen LogP contribution in [0.4, 0.5) is 0 Å². The Bertz CT molecular complexity index is 432. The lowest BCUT2D eigenvalue weighted by Crippen LogP contribution is -2.23. The molecule has 0 aliphatic carbocycles. The molecule has 0 heterocycles. The summed E-state index contributed by atoms with van der Waals surface area (Å²) in [6.07, 6.45) is 9.89. The van der Waals surface area contributed by atoms with Crippen LogP contribution in [0.3, 0.4) is 0 Å². The molecule has 118 valence electrons. The van der Waals surface area contributed by atoms with Crippen LogP contribution in [0.2, 0.25) is 0 Å². The van der Waals surface area contributed by atoms with Crippen LogP contribution >= 0.6 is 22.6 Å². The fourth-order valence-electron chi connectivity index (χ4n) is 2.20. The molecule has 1 rings (SSSR count). The minimum absolute atomic E-state index is 0.134. The molecule has 0 saturated heterocycles. The average Bonchev–Trinajstić information content (AvgIpc) is 2.45. The number of carboxylic acid groups (broad SMARTS) is 1. The predicted octanol–water partition coefficient (Wildman–Crippen LogP) is 4.17. The molecule has 1 aromatic rings. The highest BCUT2D eigenvalue weighted by atomic mass is 127. The molecule has 0 aliphatic heterocycles. The third-order valence-corrected chi connectivity index (χ3v) is 4.09. The van der Waals surface area contributed by atoms with E-state index in [9.17, 15) is 9.90 Å². The maximum Gasteiger partial charge on any atom is 0.129 e. The quantitative estimate of drug-likeness (QED) is 0.412. The van der Waals surface area contributed by atoms with Gasteiger partial charge in [-0.3, -0.25) is 0 Å². The van der Waals surface area contributed by atoms with Crippen LogP contribution < -0.4 is 9.84 Å². The zero-order chi connectivity index (χ0) is 15.5. The first kappa shape index (κ1) is 18.3. The van der Waals surface area contributed by atoms with E-state index in [1.807, 2.05) is 0 Å². The normalized spacial score (nSPS) is 10.6. The van der Waals surface area contributed by atoms with Crippen molar-refractivity contribution in [2.24, 2.45) is 0 Å². The van der Waals surface area contributed by atoms with Crippen LogP contribution in [0.25, 0.3) is 0 Å². The Hall–Kier alpha value is -0.780. The fraction of sp³-hybridized carbons (Fsp3) is 0.588. The van der Waals surface area contributed by atoms with E-state index in [0.29, 0.717) is 12.4 Å². The van der Waals surface area contributed by atoms with Gasteiger partial charge < -0.3 is 14.6 Å². The number of carbonyl (C=O) groups is 1. The monoisotopic (exact) mass is 403 g/mol. The number of ether oxygens (including phenoxy) is 1. The smallest absolute Gasteiger partial charge is 0.129 e. The lowest BCUT2D eigenvalue weighted by molar-refractivity contribution is -0.255. The second kappa shape index (κ2) is 10.9. The highest BCUT2D eigenvalue weighted by Gasteiger charge is 2.05. The summed E-state index contributed by atoms with van der Waals surface area (Å²) in [5, 5.41) is 11.0. The van der Waals surface area contributed by atoms with E-state index in [1.54, 1.807) is 18.2 Å². The molecule has 0 radical (unpaired) electrons. The molecule has 21 heavy (non-hydrogen) atoms. The molecular weight excluding hydrogens is 379 g/mol. The van der Waals surface area contributed by atoms with Gasteiger partial charge in [0, 0.05) is 9.13 Å². The van der Waals surface area contributed by atoms with Crippen molar-refractivity contribution in [3.8, 4) is 5.75 Å². The van der Waals surface area contributed by atoms with Crippen molar-refractivity contribution < 1.29 is 14.6 Å². The van der Waals surface area contributed by atoms with Gasteiger partial charge in [0.1, 0.15) is 5.75 Å². The van der Waals surface area contributed by atoms with Crippen molar-refractivity contribution in [2.45, 2.75) is 58.3 Å². The molecule has 1 aromatic carbocycles. The summed E-state index contributed by atoms with van der Waals surface area (Å²) < 4.78 is 6.56. The Labute approximate surface area is 141 Å². The summed E-state index contributed by atoms with van der Waals surface area (Å²) in [5.41, 5.74) is 0.134. The van der Waals surface area contributed by atoms with E-state index < -0.39 is 5.97 Å². The minimum atomic E-state index is -1.18. The van der Waals surface area contributed by atoms with Crippen LogP contribution in [0.1, 0.15) is 68.6 Å². The molecule has 0 aliphatic rings. The number of unbranched alkanes of at least 4 members (excludes halogenated alkanes) is 7. The number of benzene rings is 1. The lowest BCUT2D eigenvalue weighted by Gasteiger charge is -2.12. The predicted molar refractivity (Wildman–Crippen MR) is 91.6 cm³/mol. The molecule has 0 N–H and O–H groups in total. The Kier molecular flexibility index (Phi) is 9.46. The molecule has 0 spiro atoms. The first-order valence-electron chi connectivity index (χ1n) is 7.79. The zero-order valence-electron chi connectivity index (χ0n) is 12.7. The second-order valence-corrected chi connectivity index (χ2v) is 6.50. The van der Waals surface area contributed by atoms with Crippen molar-refractivity contribution in [1.29, 1.82) is 0 Å². The Morgan fingerprint density at radius 3 is 2.33 bits per heavy atom. The molecule has 4 heteroatoms. The van der Waals surface area contributed by atoms with Crippen molar-refractivity contribution in [2.75, 3.05) is 6.61 Å². The molecule has 0 amide bonds. The van der Waals surface area contributed by atoms with Gasteiger partial charge in [0.25, 0.3) is 0 Å². The lowest BCUT2D eigenvalue weighted by atomic mass is 10.1. The van der Waals surface area contributed by atoms with Crippen molar-refractivity contribution >= 4 is 28.6 Å². The van der Waals surface area contributed by atoms with E-state index in [0.717, 1.165) is 16.4 Å². The molecule has 0 aromatic heterocycles.